The van der Waals surface area contributed by atoms with Crippen molar-refractivity contribution in [1.82, 2.24) is 9.55 Å². The normalized spacial score (nSPS) is 11.2. The Kier molecular flexibility index (Phi) is 3.42. The minimum Gasteiger partial charge on any atom is -0.399 e. The van der Waals surface area contributed by atoms with Crippen LogP contribution in [0.1, 0.15) is 30.3 Å². The van der Waals surface area contributed by atoms with Gasteiger partial charge in [0, 0.05) is 12.1 Å². The fraction of sp³-hybridized carbons (Fsp3) is 0.278. The van der Waals surface area contributed by atoms with Crippen LogP contribution < -0.4 is 5.73 Å². The number of benzene rings is 2. The quantitative estimate of drug-likeness (QED) is 0.731. The molecule has 0 saturated carbocycles. The molecule has 1 aromatic heterocycles. The molecule has 0 spiro atoms. The first-order valence-electron chi connectivity index (χ1n) is 7.44. The van der Waals surface area contributed by atoms with Crippen LogP contribution in [0.25, 0.3) is 16.7 Å². The van der Waals surface area contributed by atoms with Crippen molar-refractivity contribution >= 4 is 16.7 Å². The maximum Gasteiger partial charge on any atom is 0.114 e. The second kappa shape index (κ2) is 5.24. The minimum atomic E-state index is 0.760. The molecule has 0 fully saturated rings. The number of rotatable bonds is 3. The third-order valence-corrected chi connectivity index (χ3v) is 3.81. The highest BCUT2D eigenvalue weighted by atomic mass is 15.1. The summed E-state index contributed by atoms with van der Waals surface area (Å²) in [6.07, 6.45) is 2.03. The molecule has 3 heteroatoms. The lowest BCUT2D eigenvalue weighted by Crippen LogP contribution is -2.03. The molecule has 0 unspecified atom stereocenters. The zero-order valence-electron chi connectivity index (χ0n) is 12.9. The number of nitrogen functional groups attached to an aromatic ring is 1. The molecule has 0 radical (unpaired) electrons. The summed E-state index contributed by atoms with van der Waals surface area (Å²) in [4.78, 5) is 4.79. The zero-order valence-corrected chi connectivity index (χ0v) is 12.9. The van der Waals surface area contributed by atoms with E-state index >= 15 is 0 Å². The van der Waals surface area contributed by atoms with Crippen molar-refractivity contribution in [3.05, 3.63) is 53.3 Å². The van der Waals surface area contributed by atoms with Gasteiger partial charge < -0.3 is 5.73 Å². The minimum absolute atomic E-state index is 0.760. The lowest BCUT2D eigenvalue weighted by Gasteiger charge is -2.12. The Labute approximate surface area is 125 Å². The summed E-state index contributed by atoms with van der Waals surface area (Å²) in [5, 5.41) is 0. The molecule has 3 aromatic rings. The number of hydrogen-bond acceptors (Lipinski definition) is 2. The van der Waals surface area contributed by atoms with Crippen molar-refractivity contribution in [3.63, 3.8) is 0 Å². The molecule has 0 aliphatic rings. The summed E-state index contributed by atoms with van der Waals surface area (Å²) in [7, 11) is 0. The van der Waals surface area contributed by atoms with Crippen LogP contribution in [-0.2, 0) is 6.42 Å². The van der Waals surface area contributed by atoms with Gasteiger partial charge in [-0.15, -0.1) is 0 Å². The van der Waals surface area contributed by atoms with Gasteiger partial charge in [0.1, 0.15) is 5.82 Å². The van der Waals surface area contributed by atoms with E-state index < -0.39 is 0 Å². The first-order valence-corrected chi connectivity index (χ1v) is 7.44. The lowest BCUT2D eigenvalue weighted by molar-refractivity contribution is 0.816. The van der Waals surface area contributed by atoms with E-state index in [1.54, 1.807) is 0 Å². The van der Waals surface area contributed by atoms with E-state index in [1.807, 2.05) is 12.1 Å². The first-order chi connectivity index (χ1) is 10.1. The SMILES string of the molecule is CCCc1nc2cc(N)ccc2n1-c1ccc(C)cc1C. The summed E-state index contributed by atoms with van der Waals surface area (Å²) in [6.45, 7) is 6.46. The molecule has 3 nitrogen and oxygen atoms in total. The molecule has 0 amide bonds. The number of nitrogens with two attached hydrogens (primary N) is 1. The monoisotopic (exact) mass is 279 g/mol. The molecular formula is C18H21N3. The molecule has 0 bridgehead atoms. The van der Waals surface area contributed by atoms with E-state index in [2.05, 4.69) is 49.6 Å². The van der Waals surface area contributed by atoms with Crippen molar-refractivity contribution in [3.8, 4) is 5.69 Å². The van der Waals surface area contributed by atoms with Gasteiger partial charge in [-0.2, -0.15) is 0 Å². The summed E-state index contributed by atoms with van der Waals surface area (Å²) in [5.41, 5.74) is 12.5. The summed E-state index contributed by atoms with van der Waals surface area (Å²) >= 11 is 0. The number of imidazole rings is 1. The van der Waals surface area contributed by atoms with Crippen molar-refractivity contribution in [1.29, 1.82) is 0 Å². The largest absolute Gasteiger partial charge is 0.399 e. The Bertz CT molecular complexity index is 800. The van der Waals surface area contributed by atoms with Crippen molar-refractivity contribution in [2.24, 2.45) is 0 Å². The van der Waals surface area contributed by atoms with Crippen LogP contribution in [0, 0.1) is 13.8 Å². The zero-order chi connectivity index (χ0) is 15.0. The van der Waals surface area contributed by atoms with Crippen molar-refractivity contribution in [2.45, 2.75) is 33.6 Å². The van der Waals surface area contributed by atoms with Gasteiger partial charge in [0.25, 0.3) is 0 Å². The molecule has 1 heterocycles. The van der Waals surface area contributed by atoms with Gasteiger partial charge in [0.2, 0.25) is 0 Å². The van der Waals surface area contributed by atoms with Crippen LogP contribution in [0.15, 0.2) is 36.4 Å². The van der Waals surface area contributed by atoms with E-state index in [1.165, 1.54) is 16.8 Å². The fourth-order valence-electron chi connectivity index (χ4n) is 2.86. The van der Waals surface area contributed by atoms with Crippen LogP contribution >= 0.6 is 0 Å². The average Bonchev–Trinajstić information content (AvgIpc) is 2.76. The topological polar surface area (TPSA) is 43.8 Å². The van der Waals surface area contributed by atoms with Gasteiger partial charge in [0.05, 0.1) is 16.7 Å². The van der Waals surface area contributed by atoms with E-state index in [9.17, 15) is 0 Å². The molecule has 21 heavy (non-hydrogen) atoms. The highest BCUT2D eigenvalue weighted by Gasteiger charge is 2.13. The number of aryl methyl sites for hydroxylation is 3. The van der Waals surface area contributed by atoms with E-state index in [-0.39, 0.29) is 0 Å². The van der Waals surface area contributed by atoms with Crippen LogP contribution in [0.5, 0.6) is 0 Å². The molecule has 0 saturated heterocycles. The van der Waals surface area contributed by atoms with E-state index in [0.717, 1.165) is 35.4 Å². The van der Waals surface area contributed by atoms with Gasteiger partial charge in [-0.25, -0.2) is 4.98 Å². The van der Waals surface area contributed by atoms with Gasteiger partial charge in [-0.3, -0.25) is 4.57 Å². The third-order valence-electron chi connectivity index (χ3n) is 3.81. The Hall–Kier alpha value is -2.29. The second-order valence-electron chi connectivity index (χ2n) is 5.65. The fourth-order valence-corrected chi connectivity index (χ4v) is 2.86. The van der Waals surface area contributed by atoms with E-state index in [0.29, 0.717) is 0 Å². The van der Waals surface area contributed by atoms with Crippen LogP contribution in [0.2, 0.25) is 0 Å². The molecule has 0 atom stereocenters. The predicted octanol–water partition coefficient (Wildman–Crippen LogP) is 4.18. The number of fused-ring (bicyclic) bond motifs is 1. The van der Waals surface area contributed by atoms with Gasteiger partial charge in [-0.05, 0) is 50.1 Å². The maximum absolute atomic E-state index is 5.90. The number of anilines is 1. The van der Waals surface area contributed by atoms with Crippen LogP contribution in [0.3, 0.4) is 0 Å². The molecule has 108 valence electrons. The Morgan fingerprint density at radius 3 is 2.62 bits per heavy atom. The third kappa shape index (κ3) is 2.40. The number of nitrogens with zero attached hydrogens (tertiary/aromatic N) is 2. The summed E-state index contributed by atoms with van der Waals surface area (Å²) in [6, 6.07) is 12.5. The molecule has 2 aromatic carbocycles. The summed E-state index contributed by atoms with van der Waals surface area (Å²) in [5.74, 6) is 1.10. The van der Waals surface area contributed by atoms with Crippen LogP contribution in [-0.4, -0.2) is 9.55 Å². The Morgan fingerprint density at radius 2 is 1.90 bits per heavy atom. The summed E-state index contributed by atoms with van der Waals surface area (Å²) < 4.78 is 2.27. The average molecular weight is 279 g/mol. The van der Waals surface area contributed by atoms with Crippen LogP contribution in [0.4, 0.5) is 5.69 Å². The first kappa shape index (κ1) is 13.7. The molecule has 2 N–H and O–H groups in total. The van der Waals surface area contributed by atoms with Crippen molar-refractivity contribution in [2.75, 3.05) is 5.73 Å². The van der Waals surface area contributed by atoms with Gasteiger partial charge >= 0.3 is 0 Å². The predicted molar refractivity (Wildman–Crippen MR) is 89.0 cm³/mol. The highest BCUT2D eigenvalue weighted by molar-refractivity contribution is 5.81. The lowest BCUT2D eigenvalue weighted by atomic mass is 10.1. The molecule has 3 rings (SSSR count). The highest BCUT2D eigenvalue weighted by Crippen LogP contribution is 2.26. The van der Waals surface area contributed by atoms with Crippen molar-refractivity contribution < 1.29 is 0 Å². The Morgan fingerprint density at radius 1 is 1.10 bits per heavy atom. The maximum atomic E-state index is 5.90. The Balaban J connectivity index is 2.30. The molecular weight excluding hydrogens is 258 g/mol. The second-order valence-corrected chi connectivity index (χ2v) is 5.65. The van der Waals surface area contributed by atoms with E-state index in [4.69, 9.17) is 10.7 Å². The molecule has 0 aliphatic heterocycles. The van der Waals surface area contributed by atoms with Gasteiger partial charge in [0.15, 0.2) is 0 Å². The smallest absolute Gasteiger partial charge is 0.114 e. The number of hydrogen-bond donors (Lipinski definition) is 1. The standard InChI is InChI=1S/C18H21N3/c1-4-5-18-20-15-11-14(19)7-9-17(15)21(18)16-8-6-12(2)10-13(16)3/h6-11H,4-5,19H2,1-3H3. The number of aromatic nitrogens is 2. The van der Waals surface area contributed by atoms with Gasteiger partial charge in [-0.1, -0.05) is 24.6 Å². The molecule has 0 aliphatic carbocycles.